The molecule has 0 saturated carbocycles. The van der Waals surface area contributed by atoms with Crippen molar-refractivity contribution in [3.05, 3.63) is 144 Å². The van der Waals surface area contributed by atoms with Gasteiger partial charge in [0, 0.05) is 33.2 Å². The summed E-state index contributed by atoms with van der Waals surface area (Å²) in [7, 11) is 0. The molecule has 220 valence electrons. The molecule has 4 aromatic rings. The number of nitrogens with zero attached hydrogens (tertiary/aromatic N) is 5. The molecule has 4 aromatic carbocycles. The van der Waals surface area contributed by atoms with Gasteiger partial charge in [-0.05, 0) is 61.3 Å². The fourth-order valence-electron chi connectivity index (χ4n) is 4.15. The monoisotopic (exact) mass is 743 g/mol. The van der Waals surface area contributed by atoms with Crippen molar-refractivity contribution in [1.82, 2.24) is 5.32 Å². The Balaban J connectivity index is 0.00000155. The molecule has 0 aliphatic heterocycles. The summed E-state index contributed by atoms with van der Waals surface area (Å²) in [6.45, 7) is 2.82. The molecule has 0 aromatic heterocycles. The molecule has 43 heavy (non-hydrogen) atoms. The van der Waals surface area contributed by atoms with Crippen LogP contribution in [0.25, 0.3) is 16.0 Å². The van der Waals surface area contributed by atoms with Crippen LogP contribution in [0.1, 0.15) is 35.1 Å². The fourth-order valence-corrected chi connectivity index (χ4v) is 4.87. The molecule has 0 bridgehead atoms. The maximum atomic E-state index is 12.5. The smallest absolute Gasteiger partial charge is 0.872 e. The summed E-state index contributed by atoms with van der Waals surface area (Å²) in [5, 5.41) is 28.5. The van der Waals surface area contributed by atoms with Gasteiger partial charge in [0.05, 0.1) is 11.4 Å². The van der Waals surface area contributed by atoms with Gasteiger partial charge >= 0.3 is 17.1 Å². The first-order valence-corrected chi connectivity index (χ1v) is 14.9. The van der Waals surface area contributed by atoms with Crippen molar-refractivity contribution in [3.8, 4) is 11.5 Å². The molecule has 0 spiro atoms. The zero-order valence-electron chi connectivity index (χ0n) is 23.1. The van der Waals surface area contributed by atoms with E-state index in [1.54, 1.807) is 24.3 Å². The summed E-state index contributed by atoms with van der Waals surface area (Å²) in [5.74, 6) is -0.0809. The average molecular weight is 745 g/mol. The van der Waals surface area contributed by atoms with E-state index in [1.165, 1.54) is 4.91 Å². The molecule has 0 atom stereocenters. The van der Waals surface area contributed by atoms with Crippen molar-refractivity contribution in [3.63, 3.8) is 0 Å². The molecule has 0 unspecified atom stereocenters. The first-order valence-electron chi connectivity index (χ1n) is 13.3. The van der Waals surface area contributed by atoms with E-state index in [0.717, 1.165) is 57.4 Å². The quantitative estimate of drug-likeness (QED) is 0.0418. The number of aliphatic imine (C=N–C) groups is 2. The topological polar surface area (TPSA) is 142 Å². The van der Waals surface area contributed by atoms with Gasteiger partial charge in [-0.25, -0.2) is 0 Å². The normalized spacial score (nSPS) is 11.1. The molecule has 0 aliphatic carbocycles. The third-order valence-corrected chi connectivity index (χ3v) is 7.04. The van der Waals surface area contributed by atoms with Crippen LogP contribution in [0.4, 0.5) is 0 Å². The second-order valence-corrected chi connectivity index (χ2v) is 10.9. The summed E-state index contributed by atoms with van der Waals surface area (Å²) in [6, 6.07) is 29.9. The van der Waals surface area contributed by atoms with Crippen LogP contribution in [-0.4, -0.2) is 37.6 Å². The Labute approximate surface area is 279 Å². The number of nitrogens with one attached hydrogen (secondary N) is 1. The summed E-state index contributed by atoms with van der Waals surface area (Å²) < 4.78 is 1.71. The SMILES string of the molecule is [Fe+4].[N-]=[N+]=[N-].[O-]c1ccc(Br)cc1C(=NCCCNCCCN=C(c1ccccc1)c1cc(Br)ccc1[O-])c1ccccc1. The number of halogens is 2. The van der Waals surface area contributed by atoms with Crippen molar-refractivity contribution < 1.29 is 27.3 Å². The minimum Gasteiger partial charge on any atom is -0.872 e. The molecule has 0 saturated heterocycles. The maximum Gasteiger partial charge on any atom is 4.00 e. The van der Waals surface area contributed by atoms with Crippen molar-refractivity contribution in [2.24, 2.45) is 9.98 Å². The summed E-state index contributed by atoms with van der Waals surface area (Å²) >= 11 is 6.94. The van der Waals surface area contributed by atoms with E-state index in [-0.39, 0.29) is 28.6 Å². The van der Waals surface area contributed by atoms with Gasteiger partial charge < -0.3 is 26.6 Å². The first-order chi connectivity index (χ1) is 20.4. The van der Waals surface area contributed by atoms with Crippen LogP contribution >= 0.6 is 31.9 Å². The second kappa shape index (κ2) is 19.7. The number of rotatable bonds is 12. The van der Waals surface area contributed by atoms with Crippen LogP contribution in [0.3, 0.4) is 0 Å². The first kappa shape index (κ1) is 35.8. The van der Waals surface area contributed by atoms with E-state index in [0.29, 0.717) is 24.2 Å². The van der Waals surface area contributed by atoms with E-state index in [2.05, 4.69) is 37.2 Å². The second-order valence-electron chi connectivity index (χ2n) is 9.02. The van der Waals surface area contributed by atoms with E-state index in [1.807, 2.05) is 72.8 Å². The Morgan fingerprint density at radius 3 is 1.40 bits per heavy atom. The van der Waals surface area contributed by atoms with Crippen LogP contribution in [0.5, 0.6) is 11.5 Å². The molecule has 4 rings (SSSR count). The molecule has 0 aliphatic rings. The fraction of sp³-hybridized carbons (Fsp3) is 0.188. The molecule has 11 heteroatoms. The molecule has 0 fully saturated rings. The summed E-state index contributed by atoms with van der Waals surface area (Å²) in [4.78, 5) is 11.1. The summed E-state index contributed by atoms with van der Waals surface area (Å²) in [5.41, 5.74) is 18.0. The minimum atomic E-state index is -0.0404. The Morgan fingerprint density at radius 2 is 1.02 bits per heavy atom. The van der Waals surface area contributed by atoms with Gasteiger partial charge in [0.15, 0.2) is 0 Å². The van der Waals surface area contributed by atoms with Crippen LogP contribution in [-0.2, 0) is 17.1 Å². The largest absolute Gasteiger partial charge is 4.00 e. The Hall–Kier alpha value is -3.43. The average Bonchev–Trinajstić information content (AvgIpc) is 3.00. The Kier molecular flexibility index (Phi) is 16.4. The van der Waals surface area contributed by atoms with Crippen molar-refractivity contribution in [1.29, 1.82) is 0 Å². The molecular weight excluding hydrogens is 716 g/mol. The number of hydrogen-bond donors (Lipinski definition) is 1. The minimum absolute atomic E-state index is 0. The Morgan fingerprint density at radius 1 is 0.651 bits per heavy atom. The third kappa shape index (κ3) is 11.6. The molecule has 0 radical (unpaired) electrons. The van der Waals surface area contributed by atoms with Crippen LogP contribution in [0, 0.1) is 0 Å². The van der Waals surface area contributed by atoms with Gasteiger partial charge in [0.1, 0.15) is 0 Å². The predicted molar refractivity (Wildman–Crippen MR) is 173 cm³/mol. The van der Waals surface area contributed by atoms with Crippen molar-refractivity contribution >= 4 is 43.3 Å². The molecule has 0 amide bonds. The zero-order valence-corrected chi connectivity index (χ0v) is 27.4. The molecular formula is C32H29Br2FeN6O2+. The standard InChI is InChI=1S/C32H31Br2N3O2.Fe.N3/c33-25-13-15-29(38)27(21-25)31(23-9-3-1-4-10-23)36-19-7-17-35-18-8-20-37-32(24-11-5-2-6-12-24)28-22-26(34)14-16-30(28)39;;1-3-2/h1-6,9-16,21-22,35,38-39H,7-8,17-20H2;;/q;+4;-1/p-2. The van der Waals surface area contributed by atoms with Gasteiger partial charge in [0.2, 0.25) is 0 Å². The van der Waals surface area contributed by atoms with Crippen molar-refractivity contribution in [2.45, 2.75) is 12.8 Å². The number of benzene rings is 4. The van der Waals surface area contributed by atoms with Gasteiger partial charge in [-0.3, -0.25) is 14.9 Å². The van der Waals surface area contributed by atoms with E-state index >= 15 is 0 Å². The van der Waals surface area contributed by atoms with Crippen LogP contribution in [0.2, 0.25) is 0 Å². The van der Waals surface area contributed by atoms with Gasteiger partial charge in [0.25, 0.3) is 0 Å². The summed E-state index contributed by atoms with van der Waals surface area (Å²) in [6.07, 6.45) is 1.68. The number of hydrogen-bond acceptors (Lipinski definition) is 5. The molecule has 1 N–H and O–H groups in total. The maximum absolute atomic E-state index is 12.5. The van der Waals surface area contributed by atoms with E-state index in [4.69, 9.17) is 21.0 Å². The van der Waals surface area contributed by atoms with E-state index in [9.17, 15) is 10.2 Å². The van der Waals surface area contributed by atoms with Gasteiger partial charge in [-0.2, -0.15) is 0 Å². The van der Waals surface area contributed by atoms with Crippen molar-refractivity contribution in [2.75, 3.05) is 26.2 Å². The van der Waals surface area contributed by atoms with Crippen LogP contribution in [0.15, 0.2) is 116 Å². The third-order valence-electron chi connectivity index (χ3n) is 6.05. The molecule has 0 heterocycles. The van der Waals surface area contributed by atoms with E-state index < -0.39 is 0 Å². The van der Waals surface area contributed by atoms with Gasteiger partial charge in [-0.1, -0.05) is 116 Å². The van der Waals surface area contributed by atoms with Crippen LogP contribution < -0.4 is 15.5 Å². The van der Waals surface area contributed by atoms with Gasteiger partial charge in [-0.15, -0.1) is 0 Å². The predicted octanol–water partition coefficient (Wildman–Crippen LogP) is 6.97. The molecule has 8 nitrogen and oxygen atoms in total. The zero-order chi connectivity index (χ0) is 30.2. The Bertz CT molecular complexity index is 1420.